The molecule has 3 heterocycles. The average Bonchev–Trinajstić information content (AvgIpc) is 2.62. The minimum absolute atomic E-state index is 0.101. The first-order valence-electron chi connectivity index (χ1n) is 8.30. The van der Waals surface area contributed by atoms with Gasteiger partial charge in [0, 0.05) is 45.1 Å². The van der Waals surface area contributed by atoms with Crippen LogP contribution in [0.1, 0.15) is 27.3 Å². The van der Waals surface area contributed by atoms with Crippen molar-refractivity contribution in [1.82, 2.24) is 19.8 Å². The number of aryl methyl sites for hydroxylation is 1. The maximum absolute atomic E-state index is 12.7. The van der Waals surface area contributed by atoms with Gasteiger partial charge in [0.2, 0.25) is 0 Å². The van der Waals surface area contributed by atoms with Crippen LogP contribution in [0.3, 0.4) is 0 Å². The topological polar surface area (TPSA) is 49.3 Å². The van der Waals surface area contributed by atoms with Crippen molar-refractivity contribution in [3.05, 3.63) is 59.2 Å². The first kappa shape index (κ1) is 18.3. The van der Waals surface area contributed by atoms with Gasteiger partial charge in [0.05, 0.1) is 11.3 Å². The molecule has 138 valence electrons. The highest BCUT2D eigenvalue weighted by Crippen LogP contribution is 2.28. The summed E-state index contributed by atoms with van der Waals surface area (Å²) in [6, 6.07) is 5.99. The van der Waals surface area contributed by atoms with Gasteiger partial charge in [-0.25, -0.2) is 4.98 Å². The number of rotatable bonds is 3. The van der Waals surface area contributed by atoms with Gasteiger partial charge in [0.15, 0.2) is 0 Å². The fraction of sp³-hybridized carbons (Fsp3) is 0.389. The van der Waals surface area contributed by atoms with E-state index in [9.17, 15) is 18.0 Å². The number of hydrogen-bond acceptors (Lipinski definition) is 4. The summed E-state index contributed by atoms with van der Waals surface area (Å²) in [6.07, 6.45) is -1.02. The van der Waals surface area contributed by atoms with Gasteiger partial charge in [-0.1, -0.05) is 0 Å². The maximum Gasteiger partial charge on any atom is 0.433 e. The molecule has 0 aliphatic carbocycles. The summed E-state index contributed by atoms with van der Waals surface area (Å²) in [4.78, 5) is 24.1. The monoisotopic (exact) mass is 364 g/mol. The number of piperazine rings is 1. The molecule has 1 aliphatic rings. The van der Waals surface area contributed by atoms with E-state index in [1.807, 2.05) is 12.1 Å². The molecule has 0 spiro atoms. The minimum Gasteiger partial charge on any atom is -0.336 e. The molecule has 0 bridgehead atoms. The first-order valence-corrected chi connectivity index (χ1v) is 8.30. The molecule has 0 saturated carbocycles. The van der Waals surface area contributed by atoms with Crippen molar-refractivity contribution in [3.63, 3.8) is 0 Å². The van der Waals surface area contributed by atoms with Crippen molar-refractivity contribution in [2.24, 2.45) is 0 Å². The molecular formula is C18H19F3N4O. The van der Waals surface area contributed by atoms with Crippen LogP contribution in [-0.4, -0.2) is 51.9 Å². The molecule has 0 aromatic carbocycles. The second kappa shape index (κ2) is 7.41. The lowest BCUT2D eigenvalue weighted by atomic mass is 10.1. The quantitative estimate of drug-likeness (QED) is 0.840. The summed E-state index contributed by atoms with van der Waals surface area (Å²) < 4.78 is 38.1. The van der Waals surface area contributed by atoms with Crippen molar-refractivity contribution >= 4 is 5.91 Å². The Hall–Kier alpha value is -2.48. The lowest BCUT2D eigenvalue weighted by Gasteiger charge is -2.35. The number of hydrogen-bond donors (Lipinski definition) is 0. The zero-order valence-electron chi connectivity index (χ0n) is 14.3. The Bertz CT molecular complexity index is 772. The molecule has 2 aromatic heterocycles. The maximum atomic E-state index is 12.7. The number of carbonyl (C=O) groups is 1. The highest BCUT2D eigenvalue weighted by atomic mass is 19.4. The Morgan fingerprint density at radius 1 is 1.08 bits per heavy atom. The number of alkyl halides is 3. The fourth-order valence-electron chi connectivity index (χ4n) is 2.97. The second-order valence-corrected chi connectivity index (χ2v) is 6.25. The Labute approximate surface area is 149 Å². The zero-order chi connectivity index (χ0) is 18.7. The van der Waals surface area contributed by atoms with Gasteiger partial charge in [-0.2, -0.15) is 13.2 Å². The van der Waals surface area contributed by atoms with E-state index in [0.29, 0.717) is 26.2 Å². The number of nitrogens with zero attached hydrogens (tertiary/aromatic N) is 4. The molecule has 2 aromatic rings. The third kappa shape index (κ3) is 4.19. The lowest BCUT2D eigenvalue weighted by Crippen LogP contribution is -2.48. The van der Waals surface area contributed by atoms with E-state index in [1.54, 1.807) is 17.3 Å². The number of amides is 1. The van der Waals surface area contributed by atoms with Crippen molar-refractivity contribution in [2.45, 2.75) is 19.6 Å². The standard InChI is InChI=1S/C18H19F3N4O/c1-13-15(2-3-16(23-13)18(19,20)21)17(26)25-10-8-24(9-11-25)12-14-4-6-22-7-5-14/h2-7H,8-12H2,1H3. The van der Waals surface area contributed by atoms with Crippen molar-refractivity contribution in [2.75, 3.05) is 26.2 Å². The summed E-state index contributed by atoms with van der Waals surface area (Å²) in [5, 5.41) is 0. The van der Waals surface area contributed by atoms with E-state index in [-0.39, 0.29) is 17.2 Å². The van der Waals surface area contributed by atoms with Crippen molar-refractivity contribution < 1.29 is 18.0 Å². The van der Waals surface area contributed by atoms with Crippen LogP contribution in [0.15, 0.2) is 36.7 Å². The molecule has 0 atom stereocenters. The molecule has 0 N–H and O–H groups in total. The van der Waals surface area contributed by atoms with Crippen LogP contribution >= 0.6 is 0 Å². The molecular weight excluding hydrogens is 345 g/mol. The number of carbonyl (C=O) groups excluding carboxylic acids is 1. The average molecular weight is 364 g/mol. The third-order valence-corrected chi connectivity index (χ3v) is 4.42. The van der Waals surface area contributed by atoms with Crippen LogP contribution in [0.2, 0.25) is 0 Å². The summed E-state index contributed by atoms with van der Waals surface area (Å²) in [7, 11) is 0. The summed E-state index contributed by atoms with van der Waals surface area (Å²) in [5.41, 5.74) is 0.501. The van der Waals surface area contributed by atoms with Crippen molar-refractivity contribution in [3.8, 4) is 0 Å². The highest BCUT2D eigenvalue weighted by Gasteiger charge is 2.33. The van der Waals surface area contributed by atoms with E-state index < -0.39 is 11.9 Å². The minimum atomic E-state index is -4.51. The SMILES string of the molecule is Cc1nc(C(F)(F)F)ccc1C(=O)N1CCN(Cc2ccncc2)CC1. The molecule has 1 fully saturated rings. The number of pyridine rings is 2. The van der Waals surface area contributed by atoms with Gasteiger partial charge in [0.25, 0.3) is 5.91 Å². The van der Waals surface area contributed by atoms with Gasteiger partial charge in [-0.05, 0) is 36.8 Å². The zero-order valence-corrected chi connectivity index (χ0v) is 14.3. The van der Waals surface area contributed by atoms with Crippen LogP contribution in [-0.2, 0) is 12.7 Å². The van der Waals surface area contributed by atoms with Gasteiger partial charge >= 0.3 is 6.18 Å². The molecule has 3 rings (SSSR count). The van der Waals surface area contributed by atoms with Gasteiger partial charge in [-0.15, -0.1) is 0 Å². The third-order valence-electron chi connectivity index (χ3n) is 4.42. The molecule has 0 unspecified atom stereocenters. The fourth-order valence-corrected chi connectivity index (χ4v) is 2.97. The van der Waals surface area contributed by atoms with Crippen molar-refractivity contribution in [1.29, 1.82) is 0 Å². The Balaban J connectivity index is 1.62. The second-order valence-electron chi connectivity index (χ2n) is 6.25. The summed E-state index contributed by atoms with van der Waals surface area (Å²) in [5.74, 6) is -0.271. The Morgan fingerprint density at radius 3 is 2.31 bits per heavy atom. The molecule has 1 aliphatic heterocycles. The lowest BCUT2D eigenvalue weighted by molar-refractivity contribution is -0.141. The predicted molar refractivity (Wildman–Crippen MR) is 89.4 cm³/mol. The van der Waals surface area contributed by atoms with E-state index in [0.717, 1.165) is 18.2 Å². The molecule has 1 saturated heterocycles. The van der Waals surface area contributed by atoms with Gasteiger partial charge in [-0.3, -0.25) is 14.7 Å². The van der Waals surface area contributed by atoms with Gasteiger partial charge in [0.1, 0.15) is 5.69 Å². The number of halogens is 3. The van der Waals surface area contributed by atoms with E-state index >= 15 is 0 Å². The van der Waals surface area contributed by atoms with E-state index in [2.05, 4.69) is 14.9 Å². The Morgan fingerprint density at radius 2 is 1.73 bits per heavy atom. The van der Waals surface area contributed by atoms with Crippen LogP contribution in [0.4, 0.5) is 13.2 Å². The predicted octanol–water partition coefficient (Wildman–Crippen LogP) is 2.76. The smallest absolute Gasteiger partial charge is 0.336 e. The summed E-state index contributed by atoms with van der Waals surface area (Å²) in [6.45, 7) is 4.70. The van der Waals surface area contributed by atoms with E-state index in [4.69, 9.17) is 0 Å². The summed E-state index contributed by atoms with van der Waals surface area (Å²) >= 11 is 0. The molecule has 1 amide bonds. The first-order chi connectivity index (χ1) is 12.3. The number of aromatic nitrogens is 2. The normalized spacial score (nSPS) is 15.9. The van der Waals surface area contributed by atoms with Gasteiger partial charge < -0.3 is 4.90 Å². The molecule has 8 heteroatoms. The molecule has 5 nitrogen and oxygen atoms in total. The highest BCUT2D eigenvalue weighted by molar-refractivity contribution is 5.95. The van der Waals surface area contributed by atoms with Crippen LogP contribution in [0.5, 0.6) is 0 Å². The molecule has 26 heavy (non-hydrogen) atoms. The van der Waals surface area contributed by atoms with Crippen LogP contribution in [0.25, 0.3) is 0 Å². The van der Waals surface area contributed by atoms with Crippen LogP contribution < -0.4 is 0 Å². The van der Waals surface area contributed by atoms with Crippen LogP contribution in [0, 0.1) is 6.92 Å². The van der Waals surface area contributed by atoms with E-state index in [1.165, 1.54) is 13.0 Å². The molecule has 0 radical (unpaired) electrons. The Kier molecular flexibility index (Phi) is 5.22. The largest absolute Gasteiger partial charge is 0.433 e.